The van der Waals surface area contributed by atoms with Crippen LogP contribution in [0.25, 0.3) is 10.8 Å². The lowest BCUT2D eigenvalue weighted by Crippen LogP contribution is -2.00. The number of anilines is 1. The highest BCUT2D eigenvalue weighted by molar-refractivity contribution is 9.10. The van der Waals surface area contributed by atoms with Crippen molar-refractivity contribution in [2.45, 2.75) is 6.61 Å². The number of ether oxygens (including phenoxy) is 2. The van der Waals surface area contributed by atoms with Gasteiger partial charge in [0.25, 0.3) is 5.69 Å². The first-order chi connectivity index (χ1) is 16.0. The predicted octanol–water partition coefficient (Wildman–Crippen LogP) is 5.94. The molecule has 0 bridgehead atoms. The van der Waals surface area contributed by atoms with Gasteiger partial charge in [0, 0.05) is 6.07 Å². The molecule has 0 aliphatic rings. The number of nitrogens with one attached hydrogen (secondary N) is 1. The van der Waals surface area contributed by atoms with Crippen molar-refractivity contribution in [3.05, 3.63) is 98.6 Å². The van der Waals surface area contributed by atoms with E-state index in [0.717, 1.165) is 21.0 Å². The number of hydrogen-bond donors (Lipinski definition) is 1. The molecule has 4 rings (SSSR count). The summed E-state index contributed by atoms with van der Waals surface area (Å²) in [6, 6.07) is 20.9. The molecule has 0 radical (unpaired) electrons. The number of pyridine rings is 1. The van der Waals surface area contributed by atoms with E-state index in [0.29, 0.717) is 23.9 Å². The summed E-state index contributed by atoms with van der Waals surface area (Å²) in [5.74, 6) is 1.53. The molecule has 0 aliphatic heterocycles. The van der Waals surface area contributed by atoms with Gasteiger partial charge in [-0.3, -0.25) is 15.5 Å². The zero-order valence-electron chi connectivity index (χ0n) is 17.6. The van der Waals surface area contributed by atoms with E-state index < -0.39 is 4.92 Å². The van der Waals surface area contributed by atoms with Crippen LogP contribution in [0.1, 0.15) is 11.1 Å². The summed E-state index contributed by atoms with van der Waals surface area (Å²) in [5.41, 5.74) is 4.46. The Hall–Kier alpha value is -3.98. The van der Waals surface area contributed by atoms with Gasteiger partial charge in [-0.2, -0.15) is 5.10 Å². The average molecular weight is 507 g/mol. The standard InChI is InChI=1S/C24H19BrN4O4/c1-32-22-12-17(13-27-28-23-9-8-20(14-26-23)29(30)31)11-21(25)24(22)33-15-16-6-7-18-4-2-3-5-19(18)10-16/h2-14H,15H2,1H3,(H,26,28)/b27-13+. The van der Waals surface area contributed by atoms with Gasteiger partial charge in [-0.1, -0.05) is 36.4 Å². The summed E-state index contributed by atoms with van der Waals surface area (Å²) < 4.78 is 12.3. The maximum Gasteiger partial charge on any atom is 0.287 e. The van der Waals surface area contributed by atoms with Gasteiger partial charge in [0.15, 0.2) is 11.5 Å². The number of benzene rings is 3. The fraction of sp³-hybridized carbons (Fsp3) is 0.0833. The molecule has 33 heavy (non-hydrogen) atoms. The number of aromatic nitrogens is 1. The Bertz CT molecular complexity index is 1330. The number of rotatable bonds is 8. The largest absolute Gasteiger partial charge is 0.493 e. The Morgan fingerprint density at radius 3 is 2.67 bits per heavy atom. The van der Waals surface area contributed by atoms with Crippen molar-refractivity contribution in [2.24, 2.45) is 5.10 Å². The van der Waals surface area contributed by atoms with E-state index >= 15 is 0 Å². The van der Waals surface area contributed by atoms with Crippen molar-refractivity contribution < 1.29 is 14.4 Å². The highest BCUT2D eigenvalue weighted by Gasteiger charge is 2.12. The predicted molar refractivity (Wildman–Crippen MR) is 131 cm³/mol. The minimum absolute atomic E-state index is 0.0857. The lowest BCUT2D eigenvalue weighted by atomic mass is 10.1. The molecule has 9 heteroatoms. The lowest BCUT2D eigenvalue weighted by molar-refractivity contribution is -0.385. The van der Waals surface area contributed by atoms with Crippen molar-refractivity contribution in [1.82, 2.24) is 4.98 Å². The molecule has 0 saturated heterocycles. The average Bonchev–Trinajstić information content (AvgIpc) is 2.83. The Kier molecular flexibility index (Phi) is 6.80. The molecule has 3 aromatic carbocycles. The van der Waals surface area contributed by atoms with Crippen LogP contribution in [-0.2, 0) is 6.61 Å². The van der Waals surface area contributed by atoms with E-state index in [1.54, 1.807) is 19.4 Å². The van der Waals surface area contributed by atoms with E-state index in [2.05, 4.69) is 55.7 Å². The van der Waals surface area contributed by atoms with Crippen molar-refractivity contribution in [2.75, 3.05) is 12.5 Å². The number of halogens is 1. The number of nitro groups is 1. The van der Waals surface area contributed by atoms with Gasteiger partial charge in [-0.25, -0.2) is 4.98 Å². The monoisotopic (exact) mass is 506 g/mol. The van der Waals surface area contributed by atoms with E-state index in [1.165, 1.54) is 23.7 Å². The molecule has 0 amide bonds. The molecule has 1 N–H and O–H groups in total. The molecule has 1 aromatic heterocycles. The summed E-state index contributed by atoms with van der Waals surface area (Å²) in [6.07, 6.45) is 2.75. The second-order valence-electron chi connectivity index (χ2n) is 7.03. The van der Waals surface area contributed by atoms with Gasteiger partial charge in [0.2, 0.25) is 0 Å². The third-order valence-electron chi connectivity index (χ3n) is 4.80. The van der Waals surface area contributed by atoms with Crippen molar-refractivity contribution in [3.63, 3.8) is 0 Å². The van der Waals surface area contributed by atoms with Crippen LogP contribution in [-0.4, -0.2) is 23.2 Å². The molecule has 0 atom stereocenters. The topological polar surface area (TPSA) is 98.9 Å². The van der Waals surface area contributed by atoms with Gasteiger partial charge in [-0.15, -0.1) is 0 Å². The van der Waals surface area contributed by atoms with Crippen molar-refractivity contribution >= 4 is 44.4 Å². The SMILES string of the molecule is COc1cc(/C=N/Nc2ccc([N+](=O)[O-])cn2)cc(Br)c1OCc1ccc2ccccc2c1. The first-order valence-corrected chi connectivity index (χ1v) is 10.7. The summed E-state index contributed by atoms with van der Waals surface area (Å²) in [4.78, 5) is 14.1. The van der Waals surface area contributed by atoms with Crippen LogP contribution in [0.15, 0.2) is 82.5 Å². The molecular formula is C24H19BrN4O4. The molecule has 0 unspecified atom stereocenters. The molecule has 0 fully saturated rings. The second-order valence-corrected chi connectivity index (χ2v) is 7.89. The van der Waals surface area contributed by atoms with Gasteiger partial charge in [-0.05, 0) is 62.1 Å². The maximum atomic E-state index is 10.7. The quantitative estimate of drug-likeness (QED) is 0.180. The van der Waals surface area contributed by atoms with Gasteiger partial charge < -0.3 is 9.47 Å². The minimum Gasteiger partial charge on any atom is -0.493 e. The van der Waals surface area contributed by atoms with Crippen LogP contribution >= 0.6 is 15.9 Å². The normalized spacial score (nSPS) is 11.0. The van der Waals surface area contributed by atoms with Gasteiger partial charge in [0.1, 0.15) is 18.6 Å². The third-order valence-corrected chi connectivity index (χ3v) is 5.39. The summed E-state index contributed by atoms with van der Waals surface area (Å²) >= 11 is 3.55. The maximum absolute atomic E-state index is 10.7. The Balaban J connectivity index is 1.45. The van der Waals surface area contributed by atoms with Crippen LogP contribution in [0.4, 0.5) is 11.5 Å². The highest BCUT2D eigenvalue weighted by atomic mass is 79.9. The number of hydrogen-bond acceptors (Lipinski definition) is 7. The van der Waals surface area contributed by atoms with Crippen LogP contribution < -0.4 is 14.9 Å². The Morgan fingerprint density at radius 1 is 1.12 bits per heavy atom. The van der Waals surface area contributed by atoms with Crippen molar-refractivity contribution in [3.8, 4) is 11.5 Å². The number of fused-ring (bicyclic) bond motifs is 1. The minimum atomic E-state index is -0.506. The molecule has 1 heterocycles. The molecule has 8 nitrogen and oxygen atoms in total. The highest BCUT2D eigenvalue weighted by Crippen LogP contribution is 2.37. The first-order valence-electron chi connectivity index (χ1n) is 9.91. The van der Waals surface area contributed by atoms with Gasteiger partial charge >= 0.3 is 0 Å². The molecule has 166 valence electrons. The summed E-state index contributed by atoms with van der Waals surface area (Å²) in [7, 11) is 1.57. The van der Waals surface area contributed by atoms with E-state index in [1.807, 2.05) is 24.3 Å². The van der Waals surface area contributed by atoms with Crippen LogP contribution in [0.3, 0.4) is 0 Å². The Morgan fingerprint density at radius 2 is 1.94 bits per heavy atom. The second kappa shape index (κ2) is 10.1. The fourth-order valence-corrected chi connectivity index (χ4v) is 3.75. The number of methoxy groups -OCH3 is 1. The van der Waals surface area contributed by atoms with Crippen LogP contribution in [0, 0.1) is 10.1 Å². The summed E-state index contributed by atoms with van der Waals surface area (Å²) in [6.45, 7) is 0.389. The van der Waals surface area contributed by atoms with Gasteiger partial charge in [0.05, 0.1) is 22.7 Å². The molecule has 0 aliphatic carbocycles. The van der Waals surface area contributed by atoms with Crippen molar-refractivity contribution in [1.29, 1.82) is 0 Å². The van der Waals surface area contributed by atoms with E-state index in [-0.39, 0.29) is 5.69 Å². The van der Waals surface area contributed by atoms with E-state index in [9.17, 15) is 10.1 Å². The number of nitrogens with zero attached hydrogens (tertiary/aromatic N) is 3. The Labute approximate surface area is 198 Å². The zero-order chi connectivity index (χ0) is 23.2. The first kappa shape index (κ1) is 22.2. The lowest BCUT2D eigenvalue weighted by Gasteiger charge is -2.14. The molecule has 0 spiro atoms. The van der Waals surface area contributed by atoms with Crippen LogP contribution in [0.5, 0.6) is 11.5 Å². The van der Waals surface area contributed by atoms with Crippen LogP contribution in [0.2, 0.25) is 0 Å². The summed E-state index contributed by atoms with van der Waals surface area (Å²) in [5, 5.41) is 17.2. The molecule has 0 saturated carbocycles. The van der Waals surface area contributed by atoms with E-state index in [4.69, 9.17) is 9.47 Å². The fourth-order valence-electron chi connectivity index (χ4n) is 3.17. The third kappa shape index (κ3) is 5.45. The molecular weight excluding hydrogens is 488 g/mol. The smallest absolute Gasteiger partial charge is 0.287 e. The molecule has 4 aromatic rings. The zero-order valence-corrected chi connectivity index (χ0v) is 19.2. The number of hydrazone groups is 1.